The third-order valence-corrected chi connectivity index (χ3v) is 6.46. The molecule has 8 heteroatoms. The zero-order valence-electron chi connectivity index (χ0n) is 17.8. The van der Waals surface area contributed by atoms with Crippen LogP contribution in [0.2, 0.25) is 0 Å². The summed E-state index contributed by atoms with van der Waals surface area (Å²) in [4.78, 5) is 35.3. The minimum Gasteiger partial charge on any atom is -0.480 e. The van der Waals surface area contributed by atoms with Crippen LogP contribution in [0.15, 0.2) is 0 Å². The molecule has 29 heavy (non-hydrogen) atoms. The highest BCUT2D eigenvalue weighted by Crippen LogP contribution is 2.30. The summed E-state index contributed by atoms with van der Waals surface area (Å²) in [5.41, 5.74) is 0. The van der Waals surface area contributed by atoms with Crippen molar-refractivity contribution >= 4 is 28.8 Å². The maximum Gasteiger partial charge on any atom is 0.320 e. The topological polar surface area (TPSA) is 116 Å². The molecule has 2 atom stereocenters. The predicted octanol–water partition coefficient (Wildman–Crippen LogP) is 2.71. The molecule has 0 spiro atoms. The van der Waals surface area contributed by atoms with Crippen molar-refractivity contribution in [3.63, 3.8) is 0 Å². The molecule has 4 N–H and O–H groups in total. The highest BCUT2D eigenvalue weighted by atomic mass is 32.2. The molecular weight excluding hydrogens is 392 g/mol. The van der Waals surface area contributed by atoms with Crippen LogP contribution in [0.3, 0.4) is 0 Å². The van der Waals surface area contributed by atoms with Crippen LogP contribution >= 0.6 is 11.8 Å². The normalized spacial score (nSPS) is 16.7. The molecule has 0 aromatic carbocycles. The van der Waals surface area contributed by atoms with Crippen LogP contribution in [-0.4, -0.2) is 57.7 Å². The lowest BCUT2D eigenvalue weighted by Crippen LogP contribution is -2.38. The van der Waals surface area contributed by atoms with E-state index in [0.717, 1.165) is 44.9 Å². The van der Waals surface area contributed by atoms with E-state index in [1.807, 2.05) is 0 Å². The number of aliphatic hydroxyl groups excluding tert-OH is 1. The van der Waals surface area contributed by atoms with Gasteiger partial charge in [0.25, 0.3) is 0 Å². The molecule has 1 aliphatic rings. The van der Waals surface area contributed by atoms with E-state index in [2.05, 4.69) is 24.5 Å². The predicted molar refractivity (Wildman–Crippen MR) is 116 cm³/mol. The number of rotatable bonds is 15. The Morgan fingerprint density at radius 2 is 1.72 bits per heavy atom. The van der Waals surface area contributed by atoms with E-state index in [-0.39, 0.29) is 36.8 Å². The molecule has 0 aromatic rings. The van der Waals surface area contributed by atoms with Crippen molar-refractivity contribution in [2.45, 2.75) is 95.5 Å². The van der Waals surface area contributed by atoms with E-state index in [0.29, 0.717) is 17.7 Å². The van der Waals surface area contributed by atoms with Gasteiger partial charge in [0, 0.05) is 18.2 Å². The lowest BCUT2D eigenvalue weighted by molar-refractivity contribution is -0.139. The monoisotopic (exact) mass is 430 g/mol. The van der Waals surface area contributed by atoms with Crippen molar-refractivity contribution in [1.29, 1.82) is 0 Å². The van der Waals surface area contributed by atoms with Gasteiger partial charge in [-0.25, -0.2) is 0 Å². The number of unbranched alkanes of at least 4 members (excludes halogenated alkanes) is 1. The molecule has 1 aliphatic carbocycles. The smallest absolute Gasteiger partial charge is 0.320 e. The molecule has 0 bridgehead atoms. The molecule has 0 radical (unpaired) electrons. The molecular formula is C21H38N2O5S. The summed E-state index contributed by atoms with van der Waals surface area (Å²) >= 11 is 1.23. The summed E-state index contributed by atoms with van der Waals surface area (Å²) in [5.74, 6) is -0.573. The van der Waals surface area contributed by atoms with E-state index in [9.17, 15) is 24.6 Å². The number of aliphatic hydroxyl groups is 1. The summed E-state index contributed by atoms with van der Waals surface area (Å²) in [6, 6.07) is -0.741. The summed E-state index contributed by atoms with van der Waals surface area (Å²) in [7, 11) is 0. The van der Waals surface area contributed by atoms with Crippen molar-refractivity contribution in [1.82, 2.24) is 10.6 Å². The maximum atomic E-state index is 12.0. The minimum absolute atomic E-state index is 0.0941. The summed E-state index contributed by atoms with van der Waals surface area (Å²) in [5, 5.41) is 25.0. The van der Waals surface area contributed by atoms with Crippen molar-refractivity contribution in [3.8, 4) is 0 Å². The van der Waals surface area contributed by atoms with Crippen molar-refractivity contribution in [3.05, 3.63) is 0 Å². The largest absolute Gasteiger partial charge is 0.480 e. The van der Waals surface area contributed by atoms with Gasteiger partial charge in [0.2, 0.25) is 11.0 Å². The first-order valence-electron chi connectivity index (χ1n) is 10.9. The Kier molecular flexibility index (Phi) is 13.2. The number of carboxylic acids is 1. The zero-order chi connectivity index (χ0) is 21.6. The van der Waals surface area contributed by atoms with Gasteiger partial charge in [-0.2, -0.15) is 0 Å². The van der Waals surface area contributed by atoms with Gasteiger partial charge < -0.3 is 20.8 Å². The minimum atomic E-state index is -1.07. The Morgan fingerprint density at radius 1 is 1.03 bits per heavy atom. The first kappa shape index (κ1) is 25.9. The molecule has 1 rings (SSSR count). The SMILES string of the molecule is CC(C)CCCCN[C@@H](CCC(=O)NCC[C@H](O)C(=O)SC1CCCC1)C(=O)O. The van der Waals surface area contributed by atoms with Crippen LogP contribution < -0.4 is 10.6 Å². The number of carboxylic acid groups (broad SMARTS) is 1. The molecule has 1 amide bonds. The lowest BCUT2D eigenvalue weighted by Gasteiger charge is -2.15. The van der Waals surface area contributed by atoms with Gasteiger partial charge in [-0.1, -0.05) is 51.3 Å². The van der Waals surface area contributed by atoms with Gasteiger partial charge in [0.15, 0.2) is 0 Å². The number of hydrogen-bond donors (Lipinski definition) is 4. The van der Waals surface area contributed by atoms with E-state index in [1.54, 1.807) is 0 Å². The van der Waals surface area contributed by atoms with E-state index in [4.69, 9.17) is 0 Å². The number of hydrogen-bond acceptors (Lipinski definition) is 6. The molecule has 7 nitrogen and oxygen atoms in total. The average molecular weight is 431 g/mol. The second kappa shape index (κ2) is 14.8. The van der Waals surface area contributed by atoms with Crippen LogP contribution in [0.5, 0.6) is 0 Å². The number of thioether (sulfide) groups is 1. The van der Waals surface area contributed by atoms with Gasteiger partial charge >= 0.3 is 5.97 Å². The van der Waals surface area contributed by atoms with E-state index < -0.39 is 18.1 Å². The Hall–Kier alpha value is -1.12. The van der Waals surface area contributed by atoms with Crippen LogP contribution in [-0.2, 0) is 14.4 Å². The average Bonchev–Trinajstić information content (AvgIpc) is 3.16. The Balaban J connectivity index is 2.16. The first-order valence-corrected chi connectivity index (χ1v) is 11.8. The highest BCUT2D eigenvalue weighted by molar-refractivity contribution is 8.14. The van der Waals surface area contributed by atoms with E-state index in [1.165, 1.54) is 11.8 Å². The third-order valence-electron chi connectivity index (χ3n) is 5.15. The summed E-state index contributed by atoms with van der Waals surface area (Å²) in [6.07, 6.45) is 6.84. The van der Waals surface area contributed by atoms with Crippen molar-refractivity contribution in [2.75, 3.05) is 13.1 Å². The third kappa shape index (κ3) is 12.2. The highest BCUT2D eigenvalue weighted by Gasteiger charge is 2.23. The first-order chi connectivity index (χ1) is 13.8. The standard InChI is InChI=1S/C21H38N2O5S/c1-15(2)7-5-6-13-22-17(20(26)27)10-11-19(25)23-14-12-18(24)21(28)29-16-8-3-4-9-16/h15-18,22,24H,3-14H2,1-2H3,(H,23,25)(H,26,27)/t17-,18-/m0/s1. The molecule has 1 saturated carbocycles. The summed E-state index contributed by atoms with van der Waals surface area (Å²) < 4.78 is 0. The van der Waals surface area contributed by atoms with Gasteiger partial charge in [0.05, 0.1) is 0 Å². The fourth-order valence-corrected chi connectivity index (χ4v) is 4.52. The quantitative estimate of drug-likeness (QED) is 0.295. The zero-order valence-corrected chi connectivity index (χ0v) is 18.6. The van der Waals surface area contributed by atoms with Gasteiger partial charge in [-0.05, 0) is 44.6 Å². The molecule has 0 saturated heterocycles. The summed E-state index contributed by atoms with van der Waals surface area (Å²) in [6.45, 7) is 5.15. The fraction of sp³-hybridized carbons (Fsp3) is 0.857. The van der Waals surface area contributed by atoms with Gasteiger partial charge in [-0.15, -0.1) is 0 Å². The fourth-order valence-electron chi connectivity index (χ4n) is 3.35. The second-order valence-electron chi connectivity index (χ2n) is 8.27. The van der Waals surface area contributed by atoms with Gasteiger partial charge in [-0.3, -0.25) is 14.4 Å². The number of amides is 1. The van der Waals surface area contributed by atoms with Crippen LogP contribution in [0.4, 0.5) is 0 Å². The van der Waals surface area contributed by atoms with E-state index >= 15 is 0 Å². The van der Waals surface area contributed by atoms with Crippen molar-refractivity contribution < 1.29 is 24.6 Å². The second-order valence-corrected chi connectivity index (χ2v) is 9.58. The molecule has 0 heterocycles. The van der Waals surface area contributed by atoms with Crippen molar-refractivity contribution in [2.24, 2.45) is 5.92 Å². The molecule has 0 aromatic heterocycles. The van der Waals surface area contributed by atoms with Gasteiger partial charge in [0.1, 0.15) is 12.1 Å². The van der Waals surface area contributed by atoms with Crippen LogP contribution in [0.1, 0.15) is 78.1 Å². The lowest BCUT2D eigenvalue weighted by atomic mass is 10.1. The number of carbonyl (C=O) groups is 3. The number of carbonyl (C=O) groups excluding carboxylic acids is 2. The Bertz CT molecular complexity index is 509. The Labute approximate surface area is 178 Å². The number of aliphatic carboxylic acids is 1. The van der Waals surface area contributed by atoms with Crippen LogP contribution in [0.25, 0.3) is 0 Å². The maximum absolute atomic E-state index is 12.0. The van der Waals surface area contributed by atoms with Crippen LogP contribution in [0, 0.1) is 5.92 Å². The molecule has 0 unspecified atom stereocenters. The molecule has 0 aliphatic heterocycles. The molecule has 1 fully saturated rings. The number of nitrogens with one attached hydrogen (secondary N) is 2. The molecule has 168 valence electrons. The Morgan fingerprint density at radius 3 is 2.34 bits per heavy atom.